The minimum Gasteiger partial charge on any atom is -0.340 e. The van der Waals surface area contributed by atoms with Gasteiger partial charge in [0, 0.05) is 23.5 Å². The molecule has 1 aromatic heterocycles. The van der Waals surface area contributed by atoms with Crippen molar-refractivity contribution < 1.29 is 8.78 Å². The topological polar surface area (TPSA) is 75.9 Å². The van der Waals surface area contributed by atoms with Gasteiger partial charge in [-0.2, -0.15) is 4.98 Å². The lowest BCUT2D eigenvalue weighted by atomic mass is 10.3. The first-order chi connectivity index (χ1) is 8.56. The summed E-state index contributed by atoms with van der Waals surface area (Å²) in [5.74, 6) is 4.48. The molecule has 0 aliphatic heterocycles. The normalized spacial score (nSPS) is 10.2. The van der Waals surface area contributed by atoms with Gasteiger partial charge in [0.15, 0.2) is 0 Å². The molecule has 4 N–H and O–H groups in total. The third kappa shape index (κ3) is 2.89. The van der Waals surface area contributed by atoms with Gasteiger partial charge in [-0.05, 0) is 19.1 Å². The van der Waals surface area contributed by atoms with Crippen LogP contribution in [0.1, 0.15) is 5.69 Å². The van der Waals surface area contributed by atoms with Gasteiger partial charge in [-0.25, -0.2) is 19.6 Å². The van der Waals surface area contributed by atoms with Crippen LogP contribution in [0.25, 0.3) is 0 Å². The Morgan fingerprint density at radius 3 is 2.33 bits per heavy atom. The van der Waals surface area contributed by atoms with E-state index in [-0.39, 0.29) is 11.6 Å². The van der Waals surface area contributed by atoms with E-state index < -0.39 is 11.6 Å². The van der Waals surface area contributed by atoms with E-state index in [2.05, 4.69) is 20.7 Å². The predicted octanol–water partition coefficient (Wildman–Crippen LogP) is 2.09. The molecular formula is C11H11F2N5. The number of rotatable bonds is 3. The maximum absolute atomic E-state index is 13.0. The van der Waals surface area contributed by atoms with Crippen molar-refractivity contribution in [3.05, 3.63) is 41.6 Å². The third-order valence-corrected chi connectivity index (χ3v) is 2.12. The molecule has 1 heterocycles. The Kier molecular flexibility index (Phi) is 3.33. The molecule has 7 heteroatoms. The molecule has 5 nitrogen and oxygen atoms in total. The van der Waals surface area contributed by atoms with Crippen molar-refractivity contribution in [3.8, 4) is 0 Å². The van der Waals surface area contributed by atoms with E-state index in [1.165, 1.54) is 0 Å². The number of hydrazine groups is 1. The van der Waals surface area contributed by atoms with E-state index in [4.69, 9.17) is 5.84 Å². The molecule has 0 radical (unpaired) electrons. The summed E-state index contributed by atoms with van der Waals surface area (Å²) in [4.78, 5) is 8.00. The number of anilines is 3. The van der Waals surface area contributed by atoms with Crippen molar-refractivity contribution in [1.82, 2.24) is 9.97 Å². The first-order valence-corrected chi connectivity index (χ1v) is 5.12. The molecule has 0 unspecified atom stereocenters. The van der Waals surface area contributed by atoms with Crippen LogP contribution in [-0.2, 0) is 0 Å². The van der Waals surface area contributed by atoms with Crippen LogP contribution >= 0.6 is 0 Å². The average Bonchev–Trinajstić information content (AvgIpc) is 2.26. The number of halogens is 2. The van der Waals surface area contributed by atoms with Crippen molar-refractivity contribution in [2.24, 2.45) is 5.84 Å². The quantitative estimate of drug-likeness (QED) is 0.575. The highest BCUT2D eigenvalue weighted by Gasteiger charge is 2.04. The van der Waals surface area contributed by atoms with Gasteiger partial charge in [-0.15, -0.1) is 0 Å². The van der Waals surface area contributed by atoms with E-state index >= 15 is 0 Å². The van der Waals surface area contributed by atoms with Gasteiger partial charge in [0.05, 0.1) is 0 Å². The fourth-order valence-electron chi connectivity index (χ4n) is 1.47. The molecular weight excluding hydrogens is 240 g/mol. The molecule has 0 fully saturated rings. The van der Waals surface area contributed by atoms with Crippen LogP contribution in [-0.4, -0.2) is 9.97 Å². The van der Waals surface area contributed by atoms with Gasteiger partial charge in [-0.3, -0.25) is 5.43 Å². The van der Waals surface area contributed by atoms with Crippen LogP contribution < -0.4 is 16.6 Å². The molecule has 0 saturated carbocycles. The number of hydrogen-bond donors (Lipinski definition) is 3. The van der Waals surface area contributed by atoms with Gasteiger partial charge in [0.2, 0.25) is 5.95 Å². The zero-order valence-electron chi connectivity index (χ0n) is 9.54. The number of aromatic nitrogens is 2. The highest BCUT2D eigenvalue weighted by atomic mass is 19.1. The van der Waals surface area contributed by atoms with Crippen LogP contribution in [0, 0.1) is 18.6 Å². The van der Waals surface area contributed by atoms with Crippen LogP contribution in [0.2, 0.25) is 0 Å². The van der Waals surface area contributed by atoms with Crippen LogP contribution in [0.3, 0.4) is 0 Å². The summed E-state index contributed by atoms with van der Waals surface area (Å²) in [6.45, 7) is 1.75. The fraction of sp³-hybridized carbons (Fsp3) is 0.0909. The Hall–Kier alpha value is -2.28. The summed E-state index contributed by atoms with van der Waals surface area (Å²) in [5, 5.41) is 2.77. The van der Waals surface area contributed by atoms with Crippen molar-refractivity contribution in [1.29, 1.82) is 0 Å². The van der Waals surface area contributed by atoms with Crippen LogP contribution in [0.15, 0.2) is 24.3 Å². The van der Waals surface area contributed by atoms with Crippen LogP contribution in [0.4, 0.5) is 26.2 Å². The van der Waals surface area contributed by atoms with E-state index in [0.29, 0.717) is 11.5 Å². The SMILES string of the molecule is Cc1cc(Nc2cc(F)cc(F)c2)nc(NN)n1. The van der Waals surface area contributed by atoms with E-state index in [0.717, 1.165) is 18.2 Å². The Balaban J connectivity index is 2.30. The molecule has 0 saturated heterocycles. The molecule has 18 heavy (non-hydrogen) atoms. The zero-order chi connectivity index (χ0) is 13.1. The second-order valence-corrected chi connectivity index (χ2v) is 3.65. The van der Waals surface area contributed by atoms with Gasteiger partial charge < -0.3 is 5.32 Å². The summed E-state index contributed by atoms with van der Waals surface area (Å²) >= 11 is 0. The maximum Gasteiger partial charge on any atom is 0.239 e. The van der Waals surface area contributed by atoms with Gasteiger partial charge in [0.25, 0.3) is 0 Å². The van der Waals surface area contributed by atoms with Crippen molar-refractivity contribution in [2.45, 2.75) is 6.92 Å². The highest BCUT2D eigenvalue weighted by molar-refractivity contribution is 5.57. The standard InChI is InChI=1S/C11H11F2N5/c1-6-2-10(17-11(15-6)18-14)16-9-4-7(12)3-8(13)5-9/h2-5H,14H2,1H3,(H2,15,16,17,18). The lowest BCUT2D eigenvalue weighted by Crippen LogP contribution is -2.11. The highest BCUT2D eigenvalue weighted by Crippen LogP contribution is 2.18. The number of nitrogens with zero attached hydrogens (tertiary/aromatic N) is 2. The van der Waals surface area contributed by atoms with Crippen molar-refractivity contribution >= 4 is 17.5 Å². The fourth-order valence-corrected chi connectivity index (χ4v) is 1.47. The molecule has 0 amide bonds. The van der Waals surface area contributed by atoms with Crippen molar-refractivity contribution in [2.75, 3.05) is 10.7 Å². The van der Waals surface area contributed by atoms with Crippen molar-refractivity contribution in [3.63, 3.8) is 0 Å². The summed E-state index contributed by atoms with van der Waals surface area (Å²) in [6, 6.07) is 4.75. The first kappa shape index (κ1) is 12.2. The molecule has 0 bridgehead atoms. The summed E-state index contributed by atoms with van der Waals surface area (Å²) in [7, 11) is 0. The number of nitrogens with one attached hydrogen (secondary N) is 2. The van der Waals surface area contributed by atoms with Gasteiger partial charge >= 0.3 is 0 Å². The summed E-state index contributed by atoms with van der Waals surface area (Å²) in [5.41, 5.74) is 3.23. The monoisotopic (exact) mass is 251 g/mol. The molecule has 0 atom stereocenters. The number of benzene rings is 1. The Morgan fingerprint density at radius 1 is 1.06 bits per heavy atom. The molecule has 94 valence electrons. The number of aryl methyl sites for hydroxylation is 1. The number of nitrogen functional groups attached to an aromatic ring is 1. The smallest absolute Gasteiger partial charge is 0.239 e. The Morgan fingerprint density at radius 2 is 1.72 bits per heavy atom. The second-order valence-electron chi connectivity index (χ2n) is 3.65. The van der Waals surface area contributed by atoms with Gasteiger partial charge in [0.1, 0.15) is 17.5 Å². The lowest BCUT2D eigenvalue weighted by Gasteiger charge is -2.08. The minimum atomic E-state index is -0.666. The second kappa shape index (κ2) is 4.92. The van der Waals surface area contributed by atoms with Crippen LogP contribution in [0.5, 0.6) is 0 Å². The molecule has 1 aromatic carbocycles. The van der Waals surface area contributed by atoms with E-state index in [1.54, 1.807) is 13.0 Å². The molecule has 2 aromatic rings. The van der Waals surface area contributed by atoms with E-state index in [9.17, 15) is 8.78 Å². The maximum atomic E-state index is 13.0. The average molecular weight is 251 g/mol. The number of nitrogens with two attached hydrogens (primary N) is 1. The molecule has 0 aliphatic rings. The first-order valence-electron chi connectivity index (χ1n) is 5.12. The Labute approximate surface area is 102 Å². The lowest BCUT2D eigenvalue weighted by molar-refractivity contribution is 0.584. The predicted molar refractivity (Wildman–Crippen MR) is 64.2 cm³/mol. The Bertz CT molecular complexity index is 553. The third-order valence-electron chi connectivity index (χ3n) is 2.12. The van der Waals surface area contributed by atoms with E-state index in [1.807, 2.05) is 0 Å². The summed E-state index contributed by atoms with van der Waals surface area (Å²) < 4.78 is 26.0. The molecule has 2 rings (SSSR count). The molecule has 0 aliphatic carbocycles. The zero-order valence-corrected chi connectivity index (χ0v) is 9.54. The number of hydrogen-bond acceptors (Lipinski definition) is 5. The van der Waals surface area contributed by atoms with Gasteiger partial charge in [-0.1, -0.05) is 0 Å². The summed E-state index contributed by atoms with van der Waals surface area (Å²) in [6.07, 6.45) is 0. The largest absolute Gasteiger partial charge is 0.340 e. The molecule has 0 spiro atoms. The minimum absolute atomic E-state index is 0.217.